The average molecular weight is 354 g/mol. The monoisotopic (exact) mass is 354 g/mol. The van der Waals surface area contributed by atoms with Crippen LogP contribution in [0.2, 0.25) is 0 Å². The van der Waals surface area contributed by atoms with Crippen molar-refractivity contribution in [1.29, 1.82) is 0 Å². The van der Waals surface area contributed by atoms with Gasteiger partial charge in [-0.2, -0.15) is 5.10 Å². The molecule has 0 aliphatic heterocycles. The molecule has 8 heteroatoms. The van der Waals surface area contributed by atoms with Gasteiger partial charge in [0.05, 0.1) is 5.69 Å². The van der Waals surface area contributed by atoms with Gasteiger partial charge in [0.25, 0.3) is 5.91 Å². The van der Waals surface area contributed by atoms with Gasteiger partial charge in [-0.05, 0) is 32.9 Å². The molecule has 3 heterocycles. The number of aryl methyl sites for hydroxylation is 1. The first-order valence-corrected chi connectivity index (χ1v) is 8.34. The van der Waals surface area contributed by atoms with Crippen molar-refractivity contribution in [3.05, 3.63) is 41.9 Å². The zero-order valence-corrected chi connectivity index (χ0v) is 15.5. The van der Waals surface area contributed by atoms with Crippen molar-refractivity contribution in [2.24, 2.45) is 0 Å². The number of hydrogen-bond donors (Lipinski definition) is 1. The van der Waals surface area contributed by atoms with Gasteiger partial charge in [-0.1, -0.05) is 11.2 Å². The summed E-state index contributed by atoms with van der Waals surface area (Å²) in [6.45, 7) is 5.75. The van der Waals surface area contributed by atoms with Crippen molar-refractivity contribution in [3.8, 4) is 11.4 Å². The first-order valence-electron chi connectivity index (χ1n) is 8.34. The molecule has 0 fully saturated rings. The lowest BCUT2D eigenvalue weighted by atomic mass is 10.2. The highest BCUT2D eigenvalue weighted by Gasteiger charge is 2.23. The fraction of sp³-hybridized carbons (Fsp3) is 0.333. The molecule has 3 aromatic heterocycles. The number of rotatable bonds is 5. The molecule has 0 aliphatic carbocycles. The van der Waals surface area contributed by atoms with E-state index in [2.05, 4.69) is 20.3 Å². The molecule has 0 saturated carbocycles. The average Bonchev–Trinajstić information content (AvgIpc) is 3.27. The quantitative estimate of drug-likeness (QED) is 0.757. The second kappa shape index (κ2) is 6.99. The standard InChI is InChI=1S/C18H22N6O2/c1-11(2)23(4)18(25)14-10-15(21-20-14)24(5)17-12(3)26-22-16(17)13-8-6-7-9-19-13/h6-11H,1-5H3,(H,20,21). The molecule has 0 bridgehead atoms. The minimum atomic E-state index is -0.112. The second-order valence-electron chi connectivity index (χ2n) is 6.36. The molecule has 0 atom stereocenters. The Bertz CT molecular complexity index is 900. The third kappa shape index (κ3) is 3.17. The van der Waals surface area contributed by atoms with Gasteiger partial charge in [-0.3, -0.25) is 14.9 Å². The molecule has 1 amide bonds. The fourth-order valence-corrected chi connectivity index (χ4v) is 2.56. The Balaban J connectivity index is 1.93. The van der Waals surface area contributed by atoms with Crippen molar-refractivity contribution in [2.45, 2.75) is 26.8 Å². The van der Waals surface area contributed by atoms with Gasteiger partial charge in [-0.15, -0.1) is 0 Å². The maximum Gasteiger partial charge on any atom is 0.271 e. The number of carbonyl (C=O) groups is 1. The van der Waals surface area contributed by atoms with Crippen LogP contribution in [0.25, 0.3) is 11.4 Å². The summed E-state index contributed by atoms with van der Waals surface area (Å²) in [6, 6.07) is 7.42. The van der Waals surface area contributed by atoms with Crippen molar-refractivity contribution in [1.82, 2.24) is 25.2 Å². The number of pyridine rings is 1. The molecule has 0 aliphatic rings. The Labute approximate surface area is 151 Å². The topological polar surface area (TPSA) is 91.2 Å². The summed E-state index contributed by atoms with van der Waals surface area (Å²) in [6.07, 6.45) is 1.70. The van der Waals surface area contributed by atoms with Gasteiger partial charge in [0.15, 0.2) is 17.3 Å². The Morgan fingerprint density at radius 1 is 1.27 bits per heavy atom. The highest BCUT2D eigenvalue weighted by molar-refractivity contribution is 5.93. The SMILES string of the molecule is Cc1onc(-c2ccccn2)c1N(C)c1cc(C(=O)N(C)C(C)C)[nH]n1. The minimum Gasteiger partial charge on any atom is -0.359 e. The van der Waals surface area contributed by atoms with Crippen LogP contribution in [0.4, 0.5) is 11.5 Å². The summed E-state index contributed by atoms with van der Waals surface area (Å²) in [5.74, 6) is 1.12. The van der Waals surface area contributed by atoms with Crippen LogP contribution in [0.15, 0.2) is 35.0 Å². The summed E-state index contributed by atoms with van der Waals surface area (Å²) in [5, 5.41) is 11.2. The maximum absolute atomic E-state index is 12.5. The molecule has 3 aromatic rings. The predicted octanol–water partition coefficient (Wildman–Crippen LogP) is 3.02. The number of anilines is 2. The Morgan fingerprint density at radius 2 is 2.04 bits per heavy atom. The third-order valence-electron chi connectivity index (χ3n) is 4.31. The number of aromatic nitrogens is 4. The molecule has 136 valence electrons. The Hall–Kier alpha value is -3.16. The summed E-state index contributed by atoms with van der Waals surface area (Å²) in [5.41, 5.74) is 2.52. The fourth-order valence-electron chi connectivity index (χ4n) is 2.56. The molecule has 1 N–H and O–H groups in total. The van der Waals surface area contributed by atoms with Crippen molar-refractivity contribution in [2.75, 3.05) is 19.0 Å². The van der Waals surface area contributed by atoms with Crippen molar-refractivity contribution in [3.63, 3.8) is 0 Å². The number of aromatic amines is 1. The van der Waals surface area contributed by atoms with E-state index in [1.54, 1.807) is 24.2 Å². The Kier molecular flexibility index (Phi) is 4.75. The van der Waals surface area contributed by atoms with E-state index >= 15 is 0 Å². The van der Waals surface area contributed by atoms with Crippen LogP contribution in [0, 0.1) is 6.92 Å². The minimum absolute atomic E-state index is 0.100. The molecular formula is C18H22N6O2. The second-order valence-corrected chi connectivity index (χ2v) is 6.36. The number of hydrogen-bond acceptors (Lipinski definition) is 6. The largest absolute Gasteiger partial charge is 0.359 e. The van der Waals surface area contributed by atoms with Gasteiger partial charge in [0.1, 0.15) is 11.4 Å². The van der Waals surface area contributed by atoms with Gasteiger partial charge in [0, 0.05) is 32.4 Å². The molecule has 0 aromatic carbocycles. The molecule has 0 unspecified atom stereocenters. The van der Waals surface area contributed by atoms with Crippen LogP contribution in [0.1, 0.15) is 30.1 Å². The van der Waals surface area contributed by atoms with Crippen LogP contribution in [-0.4, -0.2) is 51.3 Å². The van der Waals surface area contributed by atoms with Gasteiger partial charge < -0.3 is 14.3 Å². The first kappa shape index (κ1) is 17.7. The number of H-pyrrole nitrogens is 1. The summed E-state index contributed by atoms with van der Waals surface area (Å²) in [7, 11) is 3.61. The van der Waals surface area contributed by atoms with Gasteiger partial charge >= 0.3 is 0 Å². The number of amides is 1. The van der Waals surface area contributed by atoms with E-state index in [9.17, 15) is 4.79 Å². The van der Waals surface area contributed by atoms with Gasteiger partial charge in [-0.25, -0.2) is 0 Å². The van der Waals surface area contributed by atoms with Crippen LogP contribution in [0.3, 0.4) is 0 Å². The summed E-state index contributed by atoms with van der Waals surface area (Å²) >= 11 is 0. The lowest BCUT2D eigenvalue weighted by Gasteiger charge is -2.20. The van der Waals surface area contributed by atoms with Crippen LogP contribution in [-0.2, 0) is 0 Å². The normalized spacial score (nSPS) is 11.0. The van der Waals surface area contributed by atoms with E-state index in [0.717, 1.165) is 5.69 Å². The lowest BCUT2D eigenvalue weighted by molar-refractivity contribution is 0.0749. The van der Waals surface area contributed by atoms with E-state index < -0.39 is 0 Å². The van der Waals surface area contributed by atoms with Gasteiger partial charge in [0.2, 0.25) is 0 Å². The zero-order valence-electron chi connectivity index (χ0n) is 15.5. The highest BCUT2D eigenvalue weighted by Crippen LogP contribution is 2.35. The maximum atomic E-state index is 12.5. The zero-order chi connectivity index (χ0) is 18.8. The van der Waals surface area contributed by atoms with Crippen LogP contribution < -0.4 is 4.90 Å². The van der Waals surface area contributed by atoms with E-state index in [0.29, 0.717) is 28.7 Å². The molecular weight excluding hydrogens is 332 g/mol. The van der Waals surface area contributed by atoms with E-state index in [1.807, 2.05) is 50.9 Å². The van der Waals surface area contributed by atoms with E-state index in [-0.39, 0.29) is 11.9 Å². The van der Waals surface area contributed by atoms with Crippen molar-refractivity contribution < 1.29 is 9.32 Å². The molecule has 0 spiro atoms. The number of nitrogens with one attached hydrogen (secondary N) is 1. The van der Waals surface area contributed by atoms with Crippen LogP contribution >= 0.6 is 0 Å². The smallest absolute Gasteiger partial charge is 0.271 e. The molecule has 8 nitrogen and oxygen atoms in total. The first-order chi connectivity index (χ1) is 12.4. The van der Waals surface area contributed by atoms with Crippen molar-refractivity contribution >= 4 is 17.4 Å². The molecule has 3 rings (SSSR count). The highest BCUT2D eigenvalue weighted by atomic mass is 16.5. The van der Waals surface area contributed by atoms with E-state index in [1.165, 1.54) is 0 Å². The molecule has 26 heavy (non-hydrogen) atoms. The van der Waals surface area contributed by atoms with E-state index in [4.69, 9.17) is 4.52 Å². The van der Waals surface area contributed by atoms with Crippen LogP contribution in [0.5, 0.6) is 0 Å². The molecule has 0 radical (unpaired) electrons. The number of nitrogens with zero attached hydrogens (tertiary/aromatic N) is 5. The third-order valence-corrected chi connectivity index (χ3v) is 4.31. The lowest BCUT2D eigenvalue weighted by Crippen LogP contribution is -2.33. The predicted molar refractivity (Wildman–Crippen MR) is 98.4 cm³/mol. The Morgan fingerprint density at radius 3 is 2.69 bits per heavy atom. The number of carbonyl (C=O) groups excluding carboxylic acids is 1. The summed E-state index contributed by atoms with van der Waals surface area (Å²) < 4.78 is 5.37. The molecule has 0 saturated heterocycles. The summed E-state index contributed by atoms with van der Waals surface area (Å²) in [4.78, 5) is 20.3.